The first kappa shape index (κ1) is 30.0. The van der Waals surface area contributed by atoms with Crippen LogP contribution in [0.3, 0.4) is 0 Å². The number of hydrogen-bond acceptors (Lipinski definition) is 5. The van der Waals surface area contributed by atoms with Crippen LogP contribution in [0.1, 0.15) is 99.5 Å². The molecule has 0 unspecified atom stereocenters. The molecule has 0 aliphatic rings. The van der Waals surface area contributed by atoms with E-state index in [4.69, 9.17) is 4.74 Å². The number of ether oxygens (including phenoxy) is 1. The molecule has 1 heterocycles. The predicted octanol–water partition coefficient (Wildman–Crippen LogP) is 8.45. The largest absolute Gasteiger partial charge is 0.480 e. The fourth-order valence-corrected chi connectivity index (χ4v) is 6.11. The van der Waals surface area contributed by atoms with Gasteiger partial charge in [-0.1, -0.05) is 101 Å². The maximum Gasteiger partial charge on any atom is 0.341 e. The average Bonchev–Trinajstić information content (AvgIpc) is 2.91. The number of carboxylic acid groups (broad SMARTS) is 1. The minimum Gasteiger partial charge on any atom is -0.480 e. The number of pyridine rings is 1. The summed E-state index contributed by atoms with van der Waals surface area (Å²) in [7, 11) is 1.42. The molecule has 206 valence electrons. The Morgan fingerprint density at radius 3 is 2.29 bits per heavy atom. The monoisotopic (exact) mass is 537 g/mol. The molecule has 0 aliphatic heterocycles. The van der Waals surface area contributed by atoms with Crippen LogP contribution >= 0.6 is 11.8 Å². The van der Waals surface area contributed by atoms with Crippen LogP contribution in [0, 0.1) is 0 Å². The van der Waals surface area contributed by atoms with Gasteiger partial charge in [0.05, 0.1) is 12.6 Å². The summed E-state index contributed by atoms with van der Waals surface area (Å²) < 4.78 is 5.22. The van der Waals surface area contributed by atoms with Gasteiger partial charge in [-0.3, -0.25) is 0 Å². The molecule has 0 bridgehead atoms. The zero-order valence-electron chi connectivity index (χ0n) is 23.2. The number of nitrogens with zero attached hydrogens (tertiary/aromatic N) is 1. The molecule has 0 spiro atoms. The highest BCUT2D eigenvalue weighted by molar-refractivity contribution is 8.00. The zero-order valence-corrected chi connectivity index (χ0v) is 24.0. The third-order valence-electron chi connectivity index (χ3n) is 7.04. The van der Waals surface area contributed by atoms with Crippen LogP contribution in [-0.4, -0.2) is 33.2 Å². The lowest BCUT2D eigenvalue weighted by molar-refractivity contribution is 0.0692. The molecule has 1 atom stereocenters. The van der Waals surface area contributed by atoms with Crippen LogP contribution in [0.15, 0.2) is 53.4 Å². The summed E-state index contributed by atoms with van der Waals surface area (Å²) >= 11 is 1.47. The Kier molecular flexibility index (Phi) is 11.9. The molecule has 0 radical (unpaired) electrons. The maximum atomic E-state index is 11.9. The van der Waals surface area contributed by atoms with E-state index < -0.39 is 10.9 Å². The first-order valence-electron chi connectivity index (χ1n) is 14.1. The summed E-state index contributed by atoms with van der Waals surface area (Å²) in [5.41, 5.74) is 3.24. The molecular formula is C32H43NO4S. The van der Waals surface area contributed by atoms with E-state index in [1.165, 1.54) is 74.9 Å². The number of thioether (sulfide) groups is 1. The van der Waals surface area contributed by atoms with E-state index in [9.17, 15) is 15.0 Å². The van der Waals surface area contributed by atoms with Crippen molar-refractivity contribution in [3.05, 3.63) is 65.2 Å². The van der Waals surface area contributed by atoms with E-state index in [0.29, 0.717) is 18.4 Å². The van der Waals surface area contributed by atoms with Gasteiger partial charge in [0.15, 0.2) is 0 Å². The number of carboxylic acids is 1. The highest BCUT2D eigenvalue weighted by atomic mass is 32.2. The Morgan fingerprint density at radius 2 is 1.61 bits per heavy atom. The second-order valence-corrected chi connectivity index (χ2v) is 11.6. The number of aliphatic hydroxyl groups is 1. The van der Waals surface area contributed by atoms with Gasteiger partial charge in [-0.2, -0.15) is 0 Å². The average molecular weight is 538 g/mol. The Labute approximate surface area is 232 Å². The quantitative estimate of drug-likeness (QED) is 0.102. The van der Waals surface area contributed by atoms with Gasteiger partial charge >= 0.3 is 5.97 Å². The Morgan fingerprint density at radius 1 is 0.921 bits per heavy atom. The number of hydrogen-bond donors (Lipinski definition) is 2. The van der Waals surface area contributed by atoms with Crippen molar-refractivity contribution in [2.45, 2.75) is 101 Å². The van der Waals surface area contributed by atoms with Crippen molar-refractivity contribution in [3.8, 4) is 5.88 Å². The number of unbranched alkanes of at least 4 members (excludes halogenated alkanes) is 7. The van der Waals surface area contributed by atoms with Crippen molar-refractivity contribution >= 4 is 28.6 Å². The minimum absolute atomic E-state index is 0.0393. The molecule has 1 aromatic heterocycles. The summed E-state index contributed by atoms with van der Waals surface area (Å²) in [4.78, 5) is 15.9. The van der Waals surface area contributed by atoms with Crippen molar-refractivity contribution in [1.29, 1.82) is 0 Å². The van der Waals surface area contributed by atoms with E-state index >= 15 is 0 Å². The van der Waals surface area contributed by atoms with E-state index in [2.05, 4.69) is 43.1 Å². The third kappa shape index (κ3) is 8.74. The van der Waals surface area contributed by atoms with Crippen molar-refractivity contribution < 1.29 is 19.7 Å². The SMILES string of the molecule is CCCCCCCCCc1ccccc1C[C@](O)(CCCC)Sc1ccc2cc(C(=O)O)c(OC)nc2c1. The molecule has 0 amide bonds. The molecule has 3 rings (SSSR count). The summed E-state index contributed by atoms with van der Waals surface area (Å²) in [5.74, 6) is -0.980. The van der Waals surface area contributed by atoms with Crippen LogP contribution < -0.4 is 4.74 Å². The van der Waals surface area contributed by atoms with Crippen LogP contribution in [0.5, 0.6) is 5.88 Å². The number of fused-ring (bicyclic) bond motifs is 1. The van der Waals surface area contributed by atoms with Gasteiger partial charge in [0.2, 0.25) is 5.88 Å². The molecular weight excluding hydrogens is 494 g/mol. The second-order valence-electron chi connectivity index (χ2n) is 10.2. The molecule has 0 fully saturated rings. The number of rotatable bonds is 17. The van der Waals surface area contributed by atoms with Crippen LogP contribution in [0.2, 0.25) is 0 Å². The number of aromatic carboxylic acids is 1. The van der Waals surface area contributed by atoms with Crippen LogP contribution in [0.25, 0.3) is 10.9 Å². The first-order valence-corrected chi connectivity index (χ1v) is 14.9. The summed E-state index contributed by atoms with van der Waals surface area (Å²) in [6.07, 6.45) is 13.3. The molecule has 38 heavy (non-hydrogen) atoms. The molecule has 0 saturated carbocycles. The molecule has 3 aromatic rings. The Balaban J connectivity index is 1.76. The van der Waals surface area contributed by atoms with Gasteiger partial charge in [-0.05, 0) is 55.0 Å². The predicted molar refractivity (Wildman–Crippen MR) is 157 cm³/mol. The van der Waals surface area contributed by atoms with Gasteiger partial charge < -0.3 is 14.9 Å². The van der Waals surface area contributed by atoms with Crippen molar-refractivity contribution in [1.82, 2.24) is 4.98 Å². The molecule has 2 aromatic carbocycles. The summed E-state index contributed by atoms with van der Waals surface area (Å²) in [6.45, 7) is 4.40. The standard InChI is InChI=1S/C32H43NO4S/c1-4-6-8-9-10-11-12-15-24-16-13-14-17-26(24)23-32(36,20-7-5-2)38-27-19-18-25-21-28(31(34)35)30(37-3)33-29(25)22-27/h13-14,16-19,21-22,36H,4-12,15,20,23H2,1-3H3,(H,34,35)/t32-/m0/s1. The Bertz CT molecular complexity index is 1180. The highest BCUT2D eigenvalue weighted by Crippen LogP contribution is 2.39. The van der Waals surface area contributed by atoms with E-state index in [1.54, 1.807) is 6.07 Å². The first-order chi connectivity index (χ1) is 18.4. The zero-order chi connectivity index (χ0) is 27.4. The van der Waals surface area contributed by atoms with Gasteiger partial charge in [0, 0.05) is 16.7 Å². The van der Waals surface area contributed by atoms with E-state index in [0.717, 1.165) is 29.5 Å². The van der Waals surface area contributed by atoms with Crippen molar-refractivity contribution in [2.24, 2.45) is 0 Å². The highest BCUT2D eigenvalue weighted by Gasteiger charge is 2.29. The lowest BCUT2D eigenvalue weighted by Crippen LogP contribution is -2.27. The van der Waals surface area contributed by atoms with E-state index in [-0.39, 0.29) is 11.4 Å². The number of methoxy groups -OCH3 is 1. The van der Waals surface area contributed by atoms with Gasteiger partial charge in [0.1, 0.15) is 10.5 Å². The number of aryl methyl sites for hydroxylation is 1. The van der Waals surface area contributed by atoms with Gasteiger partial charge in [-0.25, -0.2) is 9.78 Å². The number of carbonyl (C=O) groups is 1. The summed E-state index contributed by atoms with van der Waals surface area (Å²) in [5, 5.41) is 22.1. The van der Waals surface area contributed by atoms with Crippen molar-refractivity contribution in [3.63, 3.8) is 0 Å². The second kappa shape index (κ2) is 15.1. The molecule has 6 heteroatoms. The molecule has 2 N–H and O–H groups in total. The molecule has 5 nitrogen and oxygen atoms in total. The normalized spacial score (nSPS) is 12.9. The minimum atomic E-state index is -1.07. The van der Waals surface area contributed by atoms with Crippen molar-refractivity contribution in [2.75, 3.05) is 7.11 Å². The Hall–Kier alpha value is -2.57. The fraction of sp³-hybridized carbons (Fsp3) is 0.500. The number of aromatic nitrogens is 1. The topological polar surface area (TPSA) is 79.7 Å². The van der Waals surface area contributed by atoms with Crippen LogP contribution in [-0.2, 0) is 12.8 Å². The molecule has 0 saturated heterocycles. The molecule has 0 aliphatic carbocycles. The maximum absolute atomic E-state index is 11.9. The fourth-order valence-electron chi connectivity index (χ4n) is 4.89. The van der Waals surface area contributed by atoms with Gasteiger partial charge in [0.25, 0.3) is 0 Å². The third-order valence-corrected chi connectivity index (χ3v) is 8.26. The lowest BCUT2D eigenvalue weighted by atomic mass is 9.95. The van der Waals surface area contributed by atoms with Crippen LogP contribution in [0.4, 0.5) is 0 Å². The summed E-state index contributed by atoms with van der Waals surface area (Å²) in [6, 6.07) is 15.8. The smallest absolute Gasteiger partial charge is 0.341 e. The van der Waals surface area contributed by atoms with Gasteiger partial charge in [-0.15, -0.1) is 0 Å². The number of benzene rings is 2. The van der Waals surface area contributed by atoms with E-state index in [1.807, 2.05) is 18.2 Å². The lowest BCUT2D eigenvalue weighted by Gasteiger charge is -2.29.